The topological polar surface area (TPSA) is 84.3 Å². The number of nitrogens with one attached hydrogen (secondary N) is 2. The summed E-state index contributed by atoms with van der Waals surface area (Å²) in [5, 5.41) is 16.8. The van der Waals surface area contributed by atoms with Crippen LogP contribution in [0.25, 0.3) is 0 Å². The van der Waals surface area contributed by atoms with E-state index in [1.807, 2.05) is 6.92 Å². The molecule has 102 valence electrons. The van der Waals surface area contributed by atoms with Crippen LogP contribution in [0.3, 0.4) is 0 Å². The monoisotopic (exact) mass is 263 g/mol. The van der Waals surface area contributed by atoms with Gasteiger partial charge in [-0.25, -0.2) is 0 Å². The summed E-state index contributed by atoms with van der Waals surface area (Å²) in [5.41, 5.74) is 1.08. The van der Waals surface area contributed by atoms with Crippen molar-refractivity contribution in [3.8, 4) is 0 Å². The molecule has 1 aromatic carbocycles. The van der Waals surface area contributed by atoms with Crippen molar-refractivity contribution in [3.63, 3.8) is 0 Å². The minimum absolute atomic E-state index is 0.0235. The Morgan fingerprint density at radius 1 is 1.47 bits per heavy atom. The summed E-state index contributed by atoms with van der Waals surface area (Å²) in [4.78, 5) is 22.5. The molecule has 6 nitrogen and oxygen atoms in total. The minimum Gasteiger partial charge on any atom is -0.326 e. The zero-order chi connectivity index (χ0) is 14.0. The number of rotatable bonds is 3. The highest BCUT2D eigenvalue weighted by Crippen LogP contribution is 2.24. The van der Waals surface area contributed by atoms with Gasteiger partial charge >= 0.3 is 0 Å². The Morgan fingerprint density at radius 3 is 2.79 bits per heavy atom. The Bertz CT molecular complexity index is 516. The smallest absolute Gasteiger partial charge is 0.274 e. The number of amides is 1. The Balaban J connectivity index is 2.13. The number of nitro groups is 1. The highest BCUT2D eigenvalue weighted by molar-refractivity contribution is 5.93. The van der Waals surface area contributed by atoms with E-state index in [2.05, 4.69) is 10.6 Å². The summed E-state index contributed by atoms with van der Waals surface area (Å²) in [6, 6.07) is 4.73. The van der Waals surface area contributed by atoms with E-state index in [9.17, 15) is 14.9 Å². The van der Waals surface area contributed by atoms with Crippen molar-refractivity contribution in [2.24, 2.45) is 11.8 Å². The van der Waals surface area contributed by atoms with E-state index in [1.165, 1.54) is 6.07 Å². The average molecular weight is 263 g/mol. The van der Waals surface area contributed by atoms with Gasteiger partial charge in [-0.2, -0.15) is 0 Å². The van der Waals surface area contributed by atoms with Crippen molar-refractivity contribution in [2.45, 2.75) is 13.8 Å². The summed E-state index contributed by atoms with van der Waals surface area (Å²) in [6.07, 6.45) is 0. The molecule has 0 aliphatic carbocycles. The van der Waals surface area contributed by atoms with E-state index in [1.54, 1.807) is 19.1 Å². The predicted molar refractivity (Wildman–Crippen MR) is 72.0 cm³/mol. The first kappa shape index (κ1) is 13.5. The molecule has 2 N–H and O–H groups in total. The zero-order valence-electron chi connectivity index (χ0n) is 11.0. The van der Waals surface area contributed by atoms with Gasteiger partial charge in [-0.1, -0.05) is 13.0 Å². The molecule has 1 amide bonds. The van der Waals surface area contributed by atoms with E-state index in [0.717, 1.165) is 6.54 Å². The molecule has 6 heteroatoms. The van der Waals surface area contributed by atoms with Gasteiger partial charge in [0.25, 0.3) is 5.69 Å². The van der Waals surface area contributed by atoms with E-state index in [0.29, 0.717) is 17.8 Å². The Kier molecular flexibility index (Phi) is 3.80. The Hall–Kier alpha value is -1.95. The van der Waals surface area contributed by atoms with Crippen LogP contribution in [0.15, 0.2) is 18.2 Å². The first-order valence-corrected chi connectivity index (χ1v) is 6.25. The molecule has 1 aliphatic heterocycles. The van der Waals surface area contributed by atoms with Gasteiger partial charge in [0.15, 0.2) is 0 Å². The first-order chi connectivity index (χ1) is 8.99. The fraction of sp³-hybridized carbons (Fsp3) is 0.462. The number of benzene rings is 1. The number of hydrogen-bond acceptors (Lipinski definition) is 4. The fourth-order valence-electron chi connectivity index (χ4n) is 2.28. The molecule has 1 saturated heterocycles. The van der Waals surface area contributed by atoms with E-state index >= 15 is 0 Å². The van der Waals surface area contributed by atoms with Crippen molar-refractivity contribution < 1.29 is 9.72 Å². The molecule has 0 bridgehead atoms. The molecule has 2 unspecified atom stereocenters. The third kappa shape index (κ3) is 2.90. The molecule has 2 atom stereocenters. The molecule has 0 spiro atoms. The molecule has 0 aromatic heterocycles. The van der Waals surface area contributed by atoms with Crippen molar-refractivity contribution in [1.82, 2.24) is 5.32 Å². The minimum atomic E-state index is -0.440. The maximum Gasteiger partial charge on any atom is 0.274 e. The normalized spacial score (nSPS) is 22.2. The van der Waals surface area contributed by atoms with Crippen molar-refractivity contribution in [3.05, 3.63) is 33.9 Å². The maximum atomic E-state index is 12.1. The van der Waals surface area contributed by atoms with Crippen LogP contribution in [0.4, 0.5) is 11.4 Å². The SMILES string of the molecule is Cc1ccc(NC(=O)C2CNCC2C)cc1[N+](=O)[O-]. The number of carbonyl (C=O) groups excluding carboxylic acids is 1. The van der Waals surface area contributed by atoms with Crippen LogP contribution in [-0.2, 0) is 4.79 Å². The summed E-state index contributed by atoms with van der Waals surface area (Å²) < 4.78 is 0. The van der Waals surface area contributed by atoms with E-state index < -0.39 is 4.92 Å². The third-order valence-electron chi connectivity index (χ3n) is 3.53. The summed E-state index contributed by atoms with van der Waals surface area (Å²) in [7, 11) is 0. The fourth-order valence-corrected chi connectivity index (χ4v) is 2.28. The summed E-state index contributed by atoms with van der Waals surface area (Å²) >= 11 is 0. The lowest BCUT2D eigenvalue weighted by atomic mass is 9.97. The van der Waals surface area contributed by atoms with Crippen molar-refractivity contribution in [1.29, 1.82) is 0 Å². The number of nitrogens with zero attached hydrogens (tertiary/aromatic N) is 1. The third-order valence-corrected chi connectivity index (χ3v) is 3.53. The first-order valence-electron chi connectivity index (χ1n) is 6.25. The second-order valence-corrected chi connectivity index (χ2v) is 4.99. The lowest BCUT2D eigenvalue weighted by molar-refractivity contribution is -0.385. The van der Waals surface area contributed by atoms with E-state index in [-0.39, 0.29) is 23.4 Å². The highest BCUT2D eigenvalue weighted by Gasteiger charge is 2.29. The standard InChI is InChI=1S/C13H17N3O3/c1-8-3-4-10(5-12(8)16(18)19)15-13(17)11-7-14-6-9(11)2/h3-5,9,11,14H,6-7H2,1-2H3,(H,15,17). The van der Waals surface area contributed by atoms with Gasteiger partial charge in [0.2, 0.25) is 5.91 Å². The second kappa shape index (κ2) is 5.36. The van der Waals surface area contributed by atoms with Crippen LogP contribution >= 0.6 is 0 Å². The van der Waals surface area contributed by atoms with Gasteiger partial charge in [0.1, 0.15) is 0 Å². The summed E-state index contributed by atoms with van der Waals surface area (Å²) in [6.45, 7) is 5.17. The Labute approximate surface area is 111 Å². The molecule has 1 fully saturated rings. The quantitative estimate of drug-likeness (QED) is 0.642. The average Bonchev–Trinajstić information content (AvgIpc) is 2.77. The number of anilines is 1. The van der Waals surface area contributed by atoms with Crippen LogP contribution in [0, 0.1) is 28.9 Å². The van der Waals surface area contributed by atoms with Crippen LogP contribution in [0.1, 0.15) is 12.5 Å². The predicted octanol–water partition coefficient (Wildman–Crippen LogP) is 1.70. The molecule has 19 heavy (non-hydrogen) atoms. The molecule has 1 heterocycles. The van der Waals surface area contributed by atoms with Crippen LogP contribution in [-0.4, -0.2) is 23.9 Å². The molecular weight excluding hydrogens is 246 g/mol. The van der Waals surface area contributed by atoms with Gasteiger partial charge in [-0.3, -0.25) is 14.9 Å². The van der Waals surface area contributed by atoms with Gasteiger partial charge in [-0.05, 0) is 25.5 Å². The molecule has 1 aliphatic rings. The molecule has 0 radical (unpaired) electrons. The van der Waals surface area contributed by atoms with Gasteiger partial charge in [0, 0.05) is 23.9 Å². The number of carbonyl (C=O) groups is 1. The molecule has 2 rings (SSSR count). The maximum absolute atomic E-state index is 12.1. The number of hydrogen-bond donors (Lipinski definition) is 2. The zero-order valence-corrected chi connectivity index (χ0v) is 11.0. The van der Waals surface area contributed by atoms with Gasteiger partial charge < -0.3 is 10.6 Å². The van der Waals surface area contributed by atoms with Gasteiger partial charge in [0.05, 0.1) is 10.8 Å². The highest BCUT2D eigenvalue weighted by atomic mass is 16.6. The molecular formula is C13H17N3O3. The second-order valence-electron chi connectivity index (χ2n) is 4.99. The lowest BCUT2D eigenvalue weighted by Crippen LogP contribution is -2.27. The lowest BCUT2D eigenvalue weighted by Gasteiger charge is -2.14. The summed E-state index contributed by atoms with van der Waals surface area (Å²) in [5.74, 6) is 0.108. The van der Waals surface area contributed by atoms with Crippen LogP contribution in [0.5, 0.6) is 0 Å². The van der Waals surface area contributed by atoms with Crippen molar-refractivity contribution in [2.75, 3.05) is 18.4 Å². The van der Waals surface area contributed by atoms with Crippen LogP contribution < -0.4 is 10.6 Å². The molecule has 0 saturated carbocycles. The Morgan fingerprint density at radius 2 is 2.21 bits per heavy atom. The van der Waals surface area contributed by atoms with Crippen LogP contribution in [0.2, 0.25) is 0 Å². The number of nitro benzene ring substituents is 1. The molecule has 1 aromatic rings. The largest absolute Gasteiger partial charge is 0.326 e. The van der Waals surface area contributed by atoms with Crippen molar-refractivity contribution >= 4 is 17.3 Å². The number of aryl methyl sites for hydroxylation is 1. The van der Waals surface area contributed by atoms with E-state index in [4.69, 9.17) is 0 Å². The van der Waals surface area contributed by atoms with Gasteiger partial charge in [-0.15, -0.1) is 0 Å².